The molecule has 0 fully saturated rings. The van der Waals surface area contributed by atoms with Gasteiger partial charge in [0, 0.05) is 25.6 Å². The van der Waals surface area contributed by atoms with E-state index >= 15 is 0 Å². The van der Waals surface area contributed by atoms with Gasteiger partial charge in [0.25, 0.3) is 0 Å². The first-order valence-electron chi connectivity index (χ1n) is 7.31. The van der Waals surface area contributed by atoms with E-state index in [0.29, 0.717) is 12.4 Å². The van der Waals surface area contributed by atoms with Crippen molar-refractivity contribution < 1.29 is 4.79 Å². The number of carbonyl (C=O) groups is 1. The third-order valence-corrected chi connectivity index (χ3v) is 2.61. The van der Waals surface area contributed by atoms with E-state index in [1.54, 1.807) is 0 Å². The van der Waals surface area contributed by atoms with Gasteiger partial charge in [-0.15, -0.1) is 0 Å². The second kappa shape index (κ2) is 9.12. The summed E-state index contributed by atoms with van der Waals surface area (Å²) in [7, 11) is 0. The molecule has 6 nitrogen and oxygen atoms in total. The van der Waals surface area contributed by atoms with Crippen molar-refractivity contribution in [2.75, 3.05) is 30.3 Å². The van der Waals surface area contributed by atoms with E-state index in [1.165, 1.54) is 0 Å². The van der Waals surface area contributed by atoms with Crippen molar-refractivity contribution in [3.8, 4) is 0 Å². The molecule has 1 aromatic heterocycles. The van der Waals surface area contributed by atoms with Gasteiger partial charge < -0.3 is 16.0 Å². The predicted molar refractivity (Wildman–Crippen MR) is 82.0 cm³/mol. The number of nitrogens with zero attached hydrogens (tertiary/aromatic N) is 2. The molecule has 0 unspecified atom stereocenters. The molecule has 0 saturated heterocycles. The summed E-state index contributed by atoms with van der Waals surface area (Å²) in [4.78, 5) is 20.4. The first kappa shape index (κ1) is 16.2. The highest BCUT2D eigenvalue weighted by Gasteiger charge is 2.05. The molecule has 1 aromatic rings. The van der Waals surface area contributed by atoms with Gasteiger partial charge in [-0.1, -0.05) is 13.8 Å². The van der Waals surface area contributed by atoms with Crippen LogP contribution >= 0.6 is 0 Å². The number of nitrogens with one attached hydrogen (secondary N) is 3. The van der Waals surface area contributed by atoms with Crippen LogP contribution < -0.4 is 16.0 Å². The van der Waals surface area contributed by atoms with E-state index in [4.69, 9.17) is 0 Å². The third kappa shape index (κ3) is 5.86. The highest BCUT2D eigenvalue weighted by molar-refractivity contribution is 5.80. The van der Waals surface area contributed by atoms with Crippen molar-refractivity contribution in [1.82, 2.24) is 15.3 Å². The molecule has 1 rings (SSSR count). The average molecular weight is 279 g/mol. The van der Waals surface area contributed by atoms with Gasteiger partial charge in [0.05, 0.1) is 6.54 Å². The molecule has 0 aliphatic rings. The lowest BCUT2D eigenvalue weighted by molar-refractivity contribution is -0.119. The largest absolute Gasteiger partial charge is 0.370 e. The first-order chi connectivity index (χ1) is 9.69. The molecule has 0 atom stereocenters. The van der Waals surface area contributed by atoms with Crippen LogP contribution in [0.15, 0.2) is 6.07 Å². The molecule has 0 aromatic carbocycles. The van der Waals surface area contributed by atoms with E-state index in [9.17, 15) is 4.79 Å². The molecule has 112 valence electrons. The molecule has 0 radical (unpaired) electrons. The Hall–Kier alpha value is -1.85. The topological polar surface area (TPSA) is 78.9 Å². The smallest absolute Gasteiger partial charge is 0.239 e. The number of hydrogen-bond donors (Lipinski definition) is 3. The minimum absolute atomic E-state index is 0.0208. The highest BCUT2D eigenvalue weighted by Crippen LogP contribution is 2.12. The Labute approximate surface area is 120 Å². The number of amides is 1. The Morgan fingerprint density at radius 1 is 1.10 bits per heavy atom. The molecular formula is C14H25N5O. The Morgan fingerprint density at radius 2 is 1.80 bits per heavy atom. The molecule has 3 N–H and O–H groups in total. The number of aryl methyl sites for hydroxylation is 1. The maximum Gasteiger partial charge on any atom is 0.239 e. The fourth-order valence-electron chi connectivity index (χ4n) is 1.69. The van der Waals surface area contributed by atoms with E-state index in [1.807, 2.05) is 19.9 Å². The summed E-state index contributed by atoms with van der Waals surface area (Å²) in [6.45, 7) is 7.88. The van der Waals surface area contributed by atoms with Crippen LogP contribution in [-0.2, 0) is 11.2 Å². The molecule has 1 amide bonds. The van der Waals surface area contributed by atoms with E-state index in [2.05, 4.69) is 32.8 Å². The van der Waals surface area contributed by atoms with Crippen LogP contribution in [0.1, 0.15) is 39.4 Å². The monoisotopic (exact) mass is 279 g/mol. The Morgan fingerprint density at radius 3 is 2.40 bits per heavy atom. The molecule has 0 bridgehead atoms. The predicted octanol–water partition coefficient (Wildman–Crippen LogP) is 1.80. The second-order valence-electron chi connectivity index (χ2n) is 4.54. The first-order valence-corrected chi connectivity index (χ1v) is 7.31. The minimum atomic E-state index is -0.0208. The van der Waals surface area contributed by atoms with Crippen LogP contribution in [0, 0.1) is 0 Å². The fraction of sp³-hybridized carbons (Fsp3) is 0.643. The van der Waals surface area contributed by atoms with Crippen molar-refractivity contribution in [2.24, 2.45) is 0 Å². The van der Waals surface area contributed by atoms with Crippen LogP contribution in [0.2, 0.25) is 0 Å². The lowest BCUT2D eigenvalue weighted by Crippen LogP contribution is -2.30. The maximum atomic E-state index is 11.6. The summed E-state index contributed by atoms with van der Waals surface area (Å²) >= 11 is 0. The Kier molecular flexibility index (Phi) is 7.39. The van der Waals surface area contributed by atoms with Crippen molar-refractivity contribution >= 4 is 17.5 Å². The molecule has 0 aliphatic heterocycles. The fourth-order valence-corrected chi connectivity index (χ4v) is 1.69. The van der Waals surface area contributed by atoms with Crippen LogP contribution in [0.3, 0.4) is 0 Å². The summed E-state index contributed by atoms with van der Waals surface area (Å²) in [5.41, 5.74) is 0. The quantitative estimate of drug-likeness (QED) is 0.642. The normalized spacial score (nSPS) is 10.2. The van der Waals surface area contributed by atoms with Gasteiger partial charge in [-0.2, -0.15) is 0 Å². The molecule has 6 heteroatoms. The number of aromatic nitrogens is 2. The third-order valence-electron chi connectivity index (χ3n) is 2.61. The molecule has 0 aliphatic carbocycles. The van der Waals surface area contributed by atoms with Crippen LogP contribution in [0.25, 0.3) is 0 Å². The van der Waals surface area contributed by atoms with E-state index < -0.39 is 0 Å². The van der Waals surface area contributed by atoms with Crippen molar-refractivity contribution in [3.05, 3.63) is 11.9 Å². The zero-order valence-electron chi connectivity index (χ0n) is 12.6. The summed E-state index contributed by atoms with van der Waals surface area (Å²) < 4.78 is 0. The molecule has 1 heterocycles. The molecule has 0 saturated carbocycles. The van der Waals surface area contributed by atoms with Crippen molar-refractivity contribution in [3.63, 3.8) is 0 Å². The van der Waals surface area contributed by atoms with Gasteiger partial charge in [-0.3, -0.25) is 4.79 Å². The molecular weight excluding hydrogens is 254 g/mol. The lowest BCUT2D eigenvalue weighted by Gasteiger charge is -2.10. The standard InChI is InChI=1S/C14H25N5O/c1-4-7-11-18-12(15-6-3)9-13(19-11)17-10-14(20)16-8-5-2/h9H,4-8,10H2,1-3H3,(H,16,20)(H2,15,17,18,19). The van der Waals surface area contributed by atoms with Gasteiger partial charge in [-0.05, 0) is 19.8 Å². The summed E-state index contributed by atoms with van der Waals surface area (Å²) in [5.74, 6) is 2.25. The number of carbonyl (C=O) groups excluding carboxylic acids is 1. The lowest BCUT2D eigenvalue weighted by atomic mass is 10.3. The Balaban J connectivity index is 2.65. The van der Waals surface area contributed by atoms with Crippen molar-refractivity contribution in [1.29, 1.82) is 0 Å². The average Bonchev–Trinajstić information content (AvgIpc) is 2.43. The van der Waals surface area contributed by atoms with Crippen molar-refractivity contribution in [2.45, 2.75) is 40.0 Å². The van der Waals surface area contributed by atoms with Crippen LogP contribution in [0.4, 0.5) is 11.6 Å². The minimum Gasteiger partial charge on any atom is -0.370 e. The van der Waals surface area contributed by atoms with E-state index in [-0.39, 0.29) is 12.5 Å². The van der Waals surface area contributed by atoms with Gasteiger partial charge >= 0.3 is 0 Å². The number of rotatable bonds is 9. The van der Waals surface area contributed by atoms with Gasteiger partial charge in [0.2, 0.25) is 5.91 Å². The molecule has 20 heavy (non-hydrogen) atoms. The van der Waals surface area contributed by atoms with Gasteiger partial charge in [-0.25, -0.2) is 9.97 Å². The summed E-state index contributed by atoms with van der Waals surface area (Å²) in [6, 6.07) is 1.83. The van der Waals surface area contributed by atoms with Crippen LogP contribution in [-0.4, -0.2) is 35.5 Å². The zero-order valence-corrected chi connectivity index (χ0v) is 12.6. The van der Waals surface area contributed by atoms with E-state index in [0.717, 1.165) is 37.4 Å². The number of anilines is 2. The molecule has 0 spiro atoms. The Bertz CT molecular complexity index is 398. The highest BCUT2D eigenvalue weighted by atomic mass is 16.1. The number of hydrogen-bond acceptors (Lipinski definition) is 5. The zero-order chi connectivity index (χ0) is 14.8. The summed E-state index contributed by atoms with van der Waals surface area (Å²) in [6.07, 6.45) is 2.76. The SMILES string of the molecule is CCCNC(=O)CNc1cc(NCC)nc(CCC)n1. The van der Waals surface area contributed by atoms with Crippen LogP contribution in [0.5, 0.6) is 0 Å². The summed E-state index contributed by atoms with van der Waals surface area (Å²) in [5, 5.41) is 9.05. The van der Waals surface area contributed by atoms with Gasteiger partial charge in [0.1, 0.15) is 17.5 Å². The van der Waals surface area contributed by atoms with Gasteiger partial charge in [0.15, 0.2) is 0 Å². The second-order valence-corrected chi connectivity index (χ2v) is 4.54. The maximum absolute atomic E-state index is 11.6.